The lowest BCUT2D eigenvalue weighted by Gasteiger charge is -2.23. The van der Waals surface area contributed by atoms with Gasteiger partial charge in [-0.3, -0.25) is 4.79 Å². The normalized spacial score (nSPS) is 15.5. The van der Waals surface area contributed by atoms with Gasteiger partial charge in [-0.15, -0.1) is 5.10 Å². The molecular weight excluding hydrogens is 448 g/mol. The quantitative estimate of drug-likeness (QED) is 0.554. The second-order valence-corrected chi connectivity index (χ2v) is 11.1. The topological polar surface area (TPSA) is 75.5 Å². The predicted molar refractivity (Wildman–Crippen MR) is 135 cm³/mol. The first-order valence-electron chi connectivity index (χ1n) is 11.7. The molecular formula is C26H32N4O3S. The highest BCUT2D eigenvalue weighted by Crippen LogP contribution is 2.22. The number of nitrogens with zero attached hydrogens (tertiary/aromatic N) is 4. The molecule has 0 radical (unpaired) electrons. The maximum absolute atomic E-state index is 13.3. The molecule has 0 bridgehead atoms. The van der Waals surface area contributed by atoms with E-state index in [1.54, 1.807) is 22.5 Å². The average molecular weight is 481 g/mol. The average Bonchev–Trinajstić information content (AvgIpc) is 3.08. The molecule has 0 N–H and O–H groups in total. The fourth-order valence-corrected chi connectivity index (χ4v) is 5.62. The summed E-state index contributed by atoms with van der Waals surface area (Å²) in [6.45, 7) is 10.2. The Morgan fingerprint density at radius 3 is 2.26 bits per heavy atom. The number of aryl methyl sites for hydroxylation is 2. The Kier molecular flexibility index (Phi) is 6.91. The molecule has 1 aliphatic rings. The van der Waals surface area contributed by atoms with Gasteiger partial charge in [0.2, 0.25) is 10.0 Å². The van der Waals surface area contributed by atoms with Crippen LogP contribution in [-0.4, -0.2) is 48.7 Å². The lowest BCUT2D eigenvalue weighted by atomic mass is 10.0. The van der Waals surface area contributed by atoms with Gasteiger partial charge in [0.25, 0.3) is 5.56 Å². The van der Waals surface area contributed by atoms with Crippen LogP contribution in [0.4, 0.5) is 5.82 Å². The summed E-state index contributed by atoms with van der Waals surface area (Å²) in [6.07, 6.45) is 0.674. The molecule has 0 spiro atoms. The van der Waals surface area contributed by atoms with Crippen LogP contribution in [0, 0.1) is 13.8 Å². The minimum Gasteiger partial charge on any atom is -0.354 e. The van der Waals surface area contributed by atoms with Crippen LogP contribution >= 0.6 is 0 Å². The number of hydrogen-bond donors (Lipinski definition) is 0. The minimum absolute atomic E-state index is 0.198. The summed E-state index contributed by atoms with van der Waals surface area (Å²) in [5, 5.41) is 4.61. The highest BCUT2D eigenvalue weighted by Gasteiger charge is 2.27. The molecule has 0 unspecified atom stereocenters. The Morgan fingerprint density at radius 2 is 1.59 bits per heavy atom. The van der Waals surface area contributed by atoms with Gasteiger partial charge in [0.1, 0.15) is 5.82 Å². The van der Waals surface area contributed by atoms with E-state index in [0.29, 0.717) is 49.2 Å². The van der Waals surface area contributed by atoms with Crippen molar-refractivity contribution < 1.29 is 8.42 Å². The summed E-state index contributed by atoms with van der Waals surface area (Å²) >= 11 is 0. The Balaban J connectivity index is 1.54. The zero-order valence-corrected chi connectivity index (χ0v) is 21.0. The molecule has 1 aromatic heterocycles. The van der Waals surface area contributed by atoms with Crippen molar-refractivity contribution in [3.8, 4) is 5.69 Å². The smallest absolute Gasteiger partial charge is 0.271 e. The summed E-state index contributed by atoms with van der Waals surface area (Å²) < 4.78 is 29.5. The van der Waals surface area contributed by atoms with Gasteiger partial charge in [0.05, 0.1) is 10.6 Å². The summed E-state index contributed by atoms with van der Waals surface area (Å²) in [4.78, 5) is 14.9. The molecule has 0 aliphatic carbocycles. The summed E-state index contributed by atoms with van der Waals surface area (Å²) in [5.74, 6) is 1.02. The third-order valence-electron chi connectivity index (χ3n) is 6.48. The molecule has 0 saturated carbocycles. The highest BCUT2D eigenvalue weighted by atomic mass is 32.2. The molecule has 0 amide bonds. The molecule has 1 aliphatic heterocycles. The molecule has 34 heavy (non-hydrogen) atoms. The maximum Gasteiger partial charge on any atom is 0.271 e. The van der Waals surface area contributed by atoms with Gasteiger partial charge in [0.15, 0.2) is 0 Å². The van der Waals surface area contributed by atoms with Gasteiger partial charge >= 0.3 is 0 Å². The van der Waals surface area contributed by atoms with Crippen LogP contribution < -0.4 is 10.5 Å². The van der Waals surface area contributed by atoms with Crippen LogP contribution in [0.2, 0.25) is 0 Å². The van der Waals surface area contributed by atoms with Gasteiger partial charge in [-0.25, -0.2) is 8.42 Å². The van der Waals surface area contributed by atoms with E-state index in [0.717, 1.165) is 22.4 Å². The van der Waals surface area contributed by atoms with E-state index >= 15 is 0 Å². The highest BCUT2D eigenvalue weighted by molar-refractivity contribution is 7.89. The Morgan fingerprint density at radius 1 is 0.853 bits per heavy atom. The zero-order valence-electron chi connectivity index (χ0n) is 20.2. The molecule has 2 aromatic carbocycles. The molecule has 4 rings (SSSR count). The Bertz CT molecular complexity index is 1330. The van der Waals surface area contributed by atoms with Crippen LogP contribution in [0.3, 0.4) is 0 Å². The molecule has 7 nitrogen and oxygen atoms in total. The first-order valence-corrected chi connectivity index (χ1v) is 13.1. The molecule has 0 atom stereocenters. The first-order chi connectivity index (χ1) is 16.2. The maximum atomic E-state index is 13.3. The number of aromatic nitrogens is 2. The summed E-state index contributed by atoms with van der Waals surface area (Å²) in [7, 11) is -3.57. The van der Waals surface area contributed by atoms with Crippen LogP contribution in [-0.2, 0) is 10.0 Å². The molecule has 2 heterocycles. The fraction of sp³-hybridized carbons (Fsp3) is 0.385. The molecule has 1 fully saturated rings. The Hall–Kier alpha value is -2.97. The lowest BCUT2D eigenvalue weighted by molar-refractivity contribution is 0.433. The SMILES string of the molecule is Cc1ccc(-n2nc(N3CCCN(S(=O)(=O)c4ccc(C(C)C)cc4)CC3)ccc2=O)cc1C. The number of benzene rings is 2. The number of hydrogen-bond acceptors (Lipinski definition) is 5. The van der Waals surface area contributed by atoms with Gasteiger partial charge in [-0.1, -0.05) is 32.0 Å². The van der Waals surface area contributed by atoms with Crippen molar-refractivity contribution >= 4 is 15.8 Å². The Labute approximate surface area is 201 Å². The largest absolute Gasteiger partial charge is 0.354 e. The van der Waals surface area contributed by atoms with Crippen LogP contribution in [0.15, 0.2) is 64.3 Å². The van der Waals surface area contributed by atoms with Crippen molar-refractivity contribution in [3.63, 3.8) is 0 Å². The van der Waals surface area contributed by atoms with Crippen molar-refractivity contribution in [1.29, 1.82) is 0 Å². The van der Waals surface area contributed by atoms with E-state index in [2.05, 4.69) is 18.9 Å². The van der Waals surface area contributed by atoms with Gasteiger partial charge in [0, 0.05) is 32.2 Å². The zero-order chi connectivity index (χ0) is 24.5. The van der Waals surface area contributed by atoms with Gasteiger partial charge < -0.3 is 4.90 Å². The fourth-order valence-electron chi connectivity index (χ4n) is 4.15. The molecule has 8 heteroatoms. The van der Waals surface area contributed by atoms with Crippen LogP contribution in [0.1, 0.15) is 42.9 Å². The van der Waals surface area contributed by atoms with E-state index in [1.165, 1.54) is 10.7 Å². The summed E-state index contributed by atoms with van der Waals surface area (Å²) in [6, 6.07) is 16.2. The van der Waals surface area contributed by atoms with Crippen LogP contribution in [0.5, 0.6) is 0 Å². The van der Waals surface area contributed by atoms with Crippen molar-refractivity contribution in [2.45, 2.75) is 44.9 Å². The molecule has 3 aromatic rings. The van der Waals surface area contributed by atoms with E-state index in [9.17, 15) is 13.2 Å². The number of sulfonamides is 1. The van der Waals surface area contributed by atoms with Crippen molar-refractivity contribution in [2.75, 3.05) is 31.1 Å². The van der Waals surface area contributed by atoms with Crippen molar-refractivity contribution in [2.24, 2.45) is 0 Å². The van der Waals surface area contributed by atoms with Gasteiger partial charge in [-0.2, -0.15) is 8.99 Å². The molecule has 1 saturated heterocycles. The first kappa shape index (κ1) is 24.2. The number of rotatable bonds is 5. The second kappa shape index (κ2) is 9.72. The van der Waals surface area contributed by atoms with E-state index in [-0.39, 0.29) is 5.56 Å². The lowest BCUT2D eigenvalue weighted by Crippen LogP contribution is -2.36. The van der Waals surface area contributed by atoms with E-state index < -0.39 is 10.0 Å². The van der Waals surface area contributed by atoms with E-state index in [4.69, 9.17) is 0 Å². The minimum atomic E-state index is -3.57. The third kappa shape index (κ3) is 4.93. The van der Waals surface area contributed by atoms with Crippen molar-refractivity contribution in [3.05, 3.63) is 81.6 Å². The third-order valence-corrected chi connectivity index (χ3v) is 8.40. The second-order valence-electron chi connectivity index (χ2n) is 9.18. The predicted octanol–water partition coefficient (Wildman–Crippen LogP) is 3.87. The van der Waals surface area contributed by atoms with Crippen molar-refractivity contribution in [1.82, 2.24) is 14.1 Å². The standard InChI is InChI=1S/C26H32N4O3S/c1-19(2)22-7-10-24(11-8-22)34(32,33)29-15-5-14-28(16-17-29)25-12-13-26(31)30(27-25)23-9-6-20(3)21(4)18-23/h6-13,18-19H,5,14-17H2,1-4H3. The summed E-state index contributed by atoms with van der Waals surface area (Å²) in [5.41, 5.74) is 3.88. The monoisotopic (exact) mass is 480 g/mol. The molecule has 180 valence electrons. The number of anilines is 1. The van der Waals surface area contributed by atoms with E-state index in [1.807, 2.05) is 49.1 Å². The van der Waals surface area contributed by atoms with Crippen LogP contribution in [0.25, 0.3) is 5.69 Å². The van der Waals surface area contributed by atoms with Gasteiger partial charge in [-0.05, 0) is 73.2 Å².